The summed E-state index contributed by atoms with van der Waals surface area (Å²) in [5.41, 5.74) is 2.57. The molecule has 0 aromatic rings. The van der Waals surface area contributed by atoms with E-state index in [1.54, 1.807) is 5.57 Å². The van der Waals surface area contributed by atoms with E-state index in [1.165, 1.54) is 57.8 Å². The van der Waals surface area contributed by atoms with Gasteiger partial charge in [0, 0.05) is 0 Å². The van der Waals surface area contributed by atoms with Crippen LogP contribution in [0.15, 0.2) is 11.6 Å². The summed E-state index contributed by atoms with van der Waals surface area (Å²) in [6, 6.07) is 0. The first kappa shape index (κ1) is 13.4. The first-order valence-corrected chi connectivity index (χ1v) is 8.94. The number of hydrogen-bond donors (Lipinski definition) is 1. The van der Waals surface area contributed by atoms with Gasteiger partial charge in [-0.05, 0) is 73.5 Å². The highest BCUT2D eigenvalue weighted by molar-refractivity contribution is 5.26. The van der Waals surface area contributed by atoms with E-state index in [0.717, 1.165) is 11.8 Å². The maximum absolute atomic E-state index is 10.8. The molecule has 1 N–H and O–H groups in total. The average Bonchev–Trinajstić information content (AvgIpc) is 2.81. The molecule has 112 valence electrons. The molecule has 0 aromatic heterocycles. The van der Waals surface area contributed by atoms with Crippen LogP contribution in [0.3, 0.4) is 0 Å². The molecule has 0 radical (unpaired) electrons. The SMILES string of the molecule is C[C@@]12CCC[C@H]1[C@@H]1[C@H](O)C=C3CCCC[C@]3(C)[C@H]1CC2. The first-order valence-electron chi connectivity index (χ1n) is 8.94. The van der Waals surface area contributed by atoms with Crippen molar-refractivity contribution in [2.45, 2.75) is 77.7 Å². The minimum atomic E-state index is -0.149. The summed E-state index contributed by atoms with van der Waals surface area (Å²) in [7, 11) is 0. The van der Waals surface area contributed by atoms with E-state index in [-0.39, 0.29) is 6.10 Å². The molecule has 0 spiro atoms. The molecule has 0 aliphatic heterocycles. The van der Waals surface area contributed by atoms with E-state index < -0.39 is 0 Å². The van der Waals surface area contributed by atoms with E-state index in [9.17, 15) is 5.11 Å². The van der Waals surface area contributed by atoms with E-state index in [4.69, 9.17) is 0 Å². The van der Waals surface area contributed by atoms with Gasteiger partial charge in [0.25, 0.3) is 0 Å². The lowest BCUT2D eigenvalue weighted by Crippen LogP contribution is -2.52. The van der Waals surface area contributed by atoms with Gasteiger partial charge in [0.05, 0.1) is 6.10 Å². The summed E-state index contributed by atoms with van der Waals surface area (Å²) >= 11 is 0. The third-order valence-corrected chi connectivity index (χ3v) is 7.82. The molecule has 3 saturated carbocycles. The molecule has 0 bridgehead atoms. The second kappa shape index (κ2) is 4.35. The molecule has 4 aliphatic rings. The number of hydrogen-bond acceptors (Lipinski definition) is 1. The van der Waals surface area contributed by atoms with Gasteiger partial charge >= 0.3 is 0 Å². The largest absolute Gasteiger partial charge is 0.389 e. The zero-order chi connectivity index (χ0) is 14.0. The highest BCUT2D eigenvalue weighted by atomic mass is 16.3. The molecule has 4 aliphatic carbocycles. The topological polar surface area (TPSA) is 20.2 Å². The van der Waals surface area contributed by atoms with Crippen LogP contribution in [0.25, 0.3) is 0 Å². The summed E-state index contributed by atoms with van der Waals surface area (Å²) in [4.78, 5) is 0. The Morgan fingerprint density at radius 1 is 1.00 bits per heavy atom. The van der Waals surface area contributed by atoms with E-state index in [1.807, 2.05) is 0 Å². The minimum Gasteiger partial charge on any atom is -0.389 e. The molecule has 0 saturated heterocycles. The molecule has 0 heterocycles. The molecule has 0 unspecified atom stereocenters. The van der Waals surface area contributed by atoms with E-state index >= 15 is 0 Å². The van der Waals surface area contributed by atoms with Crippen LogP contribution >= 0.6 is 0 Å². The fourth-order valence-corrected chi connectivity index (χ4v) is 6.67. The van der Waals surface area contributed by atoms with Crippen molar-refractivity contribution < 1.29 is 5.11 Å². The predicted molar refractivity (Wildman–Crippen MR) is 82.3 cm³/mol. The second-order valence-corrected chi connectivity index (χ2v) is 8.68. The Labute approximate surface area is 123 Å². The maximum Gasteiger partial charge on any atom is 0.0757 e. The molecular formula is C19H30O. The minimum absolute atomic E-state index is 0.149. The molecule has 20 heavy (non-hydrogen) atoms. The summed E-state index contributed by atoms with van der Waals surface area (Å²) in [6.45, 7) is 5.04. The molecule has 0 amide bonds. The normalized spacial score (nSPS) is 54.6. The van der Waals surface area contributed by atoms with Crippen LogP contribution in [0.2, 0.25) is 0 Å². The van der Waals surface area contributed by atoms with Crippen LogP contribution in [0, 0.1) is 28.6 Å². The predicted octanol–water partition coefficient (Wildman–Crippen LogP) is 4.70. The zero-order valence-corrected chi connectivity index (χ0v) is 13.2. The Balaban J connectivity index is 1.75. The fourth-order valence-electron chi connectivity index (χ4n) is 6.67. The van der Waals surface area contributed by atoms with Gasteiger partial charge in [-0.25, -0.2) is 0 Å². The van der Waals surface area contributed by atoms with Crippen LogP contribution in [0.4, 0.5) is 0 Å². The lowest BCUT2D eigenvalue weighted by atomic mass is 9.47. The van der Waals surface area contributed by atoms with Crippen molar-refractivity contribution in [2.75, 3.05) is 0 Å². The molecule has 4 rings (SSSR count). The van der Waals surface area contributed by atoms with E-state index in [2.05, 4.69) is 19.9 Å². The average molecular weight is 274 g/mol. The standard InChI is InChI=1S/C19H30O/c1-18-9-5-7-14(18)17-15(8-11-18)19(2)10-4-3-6-13(19)12-16(17)20/h12,14-17,20H,3-11H2,1-2H3/t14-,15-,16+,17-,18-,19-/m0/s1. The number of fused-ring (bicyclic) bond motifs is 5. The molecular weight excluding hydrogens is 244 g/mol. The quantitative estimate of drug-likeness (QED) is 0.635. The Kier molecular flexibility index (Phi) is 2.91. The van der Waals surface area contributed by atoms with Gasteiger partial charge in [0.2, 0.25) is 0 Å². The lowest BCUT2D eigenvalue weighted by Gasteiger charge is -2.58. The Morgan fingerprint density at radius 2 is 1.85 bits per heavy atom. The van der Waals surface area contributed by atoms with Crippen LogP contribution in [0.5, 0.6) is 0 Å². The number of allylic oxidation sites excluding steroid dienone is 1. The lowest BCUT2D eigenvalue weighted by molar-refractivity contribution is -0.0762. The van der Waals surface area contributed by atoms with Crippen molar-refractivity contribution in [1.82, 2.24) is 0 Å². The van der Waals surface area contributed by atoms with Crippen molar-refractivity contribution in [2.24, 2.45) is 28.6 Å². The third kappa shape index (κ3) is 1.65. The zero-order valence-electron chi connectivity index (χ0n) is 13.2. The molecule has 1 heteroatoms. The third-order valence-electron chi connectivity index (χ3n) is 7.82. The molecule has 0 aromatic carbocycles. The van der Waals surface area contributed by atoms with Crippen molar-refractivity contribution in [3.63, 3.8) is 0 Å². The molecule has 3 fully saturated rings. The second-order valence-electron chi connectivity index (χ2n) is 8.68. The first-order chi connectivity index (χ1) is 9.55. The summed E-state index contributed by atoms with van der Waals surface area (Å²) in [5.74, 6) is 2.10. The van der Waals surface area contributed by atoms with Crippen LogP contribution in [-0.2, 0) is 0 Å². The summed E-state index contributed by atoms with van der Waals surface area (Å²) in [5, 5.41) is 10.8. The highest BCUT2D eigenvalue weighted by Gasteiger charge is 2.57. The summed E-state index contributed by atoms with van der Waals surface area (Å²) in [6.07, 6.45) is 14.4. The smallest absolute Gasteiger partial charge is 0.0757 e. The van der Waals surface area contributed by atoms with Gasteiger partial charge in [0.15, 0.2) is 0 Å². The molecule has 1 nitrogen and oxygen atoms in total. The van der Waals surface area contributed by atoms with Gasteiger partial charge < -0.3 is 5.11 Å². The van der Waals surface area contributed by atoms with Crippen LogP contribution in [-0.4, -0.2) is 11.2 Å². The van der Waals surface area contributed by atoms with E-state index in [0.29, 0.717) is 16.7 Å². The van der Waals surface area contributed by atoms with Crippen molar-refractivity contribution in [3.8, 4) is 0 Å². The number of aliphatic hydroxyl groups is 1. The highest BCUT2D eigenvalue weighted by Crippen LogP contribution is 2.64. The number of aliphatic hydroxyl groups excluding tert-OH is 1. The Morgan fingerprint density at radius 3 is 2.70 bits per heavy atom. The van der Waals surface area contributed by atoms with Gasteiger partial charge in [-0.15, -0.1) is 0 Å². The van der Waals surface area contributed by atoms with Crippen LogP contribution < -0.4 is 0 Å². The van der Waals surface area contributed by atoms with Crippen molar-refractivity contribution in [3.05, 3.63) is 11.6 Å². The van der Waals surface area contributed by atoms with Crippen molar-refractivity contribution >= 4 is 0 Å². The fraction of sp³-hybridized carbons (Fsp3) is 0.895. The monoisotopic (exact) mass is 274 g/mol. The maximum atomic E-state index is 10.8. The molecule has 6 atom stereocenters. The number of rotatable bonds is 0. The van der Waals surface area contributed by atoms with Crippen molar-refractivity contribution in [1.29, 1.82) is 0 Å². The van der Waals surface area contributed by atoms with Gasteiger partial charge in [-0.3, -0.25) is 0 Å². The summed E-state index contributed by atoms with van der Waals surface area (Å²) < 4.78 is 0. The Hall–Kier alpha value is -0.300. The van der Waals surface area contributed by atoms with Gasteiger partial charge in [0.1, 0.15) is 0 Å². The van der Waals surface area contributed by atoms with Crippen LogP contribution in [0.1, 0.15) is 71.6 Å². The van der Waals surface area contributed by atoms with Gasteiger partial charge in [-0.1, -0.05) is 38.3 Å². The van der Waals surface area contributed by atoms with Gasteiger partial charge in [-0.2, -0.15) is 0 Å². The Bertz CT molecular complexity index is 439.